The van der Waals surface area contributed by atoms with E-state index in [0.29, 0.717) is 38.5 Å². The molecule has 0 unspecified atom stereocenters. The zero-order valence-electron chi connectivity index (χ0n) is 17.9. The van der Waals surface area contributed by atoms with E-state index in [1.54, 1.807) is 24.3 Å². The first-order chi connectivity index (χ1) is 15.2. The van der Waals surface area contributed by atoms with Crippen molar-refractivity contribution in [3.63, 3.8) is 0 Å². The number of anilines is 1. The zero-order valence-corrected chi connectivity index (χ0v) is 19.5. The Morgan fingerprint density at radius 3 is 2.19 bits per heavy atom. The maximum atomic E-state index is 13.4. The van der Waals surface area contributed by atoms with Crippen LogP contribution in [-0.4, -0.2) is 77.3 Å². The molecule has 32 heavy (non-hydrogen) atoms. The van der Waals surface area contributed by atoms with Gasteiger partial charge in [-0.25, -0.2) is 21.2 Å². The maximum Gasteiger partial charge on any atom is 0.183 e. The van der Waals surface area contributed by atoms with Gasteiger partial charge < -0.3 is 9.64 Å². The molecule has 0 N–H and O–H groups in total. The van der Waals surface area contributed by atoms with E-state index in [2.05, 4.69) is 4.90 Å². The molecule has 2 fully saturated rings. The minimum absolute atomic E-state index is 0.109. The number of hydrogen-bond acceptors (Lipinski definition) is 7. The van der Waals surface area contributed by atoms with Crippen LogP contribution in [0.15, 0.2) is 53.4 Å². The summed E-state index contributed by atoms with van der Waals surface area (Å²) in [5.74, 6) is -0.264. The molecule has 0 amide bonds. The van der Waals surface area contributed by atoms with Gasteiger partial charge in [-0.15, -0.1) is 0 Å². The van der Waals surface area contributed by atoms with Crippen molar-refractivity contribution in [1.82, 2.24) is 4.90 Å². The summed E-state index contributed by atoms with van der Waals surface area (Å²) in [6.45, 7) is 4.60. The van der Waals surface area contributed by atoms with Crippen LogP contribution in [0, 0.1) is 5.82 Å². The summed E-state index contributed by atoms with van der Waals surface area (Å²) in [5, 5.41) is -1.01. The Balaban J connectivity index is 1.52. The summed E-state index contributed by atoms with van der Waals surface area (Å²) in [4.78, 5) is 4.18. The van der Waals surface area contributed by atoms with Gasteiger partial charge in [0.2, 0.25) is 0 Å². The maximum absolute atomic E-state index is 13.4. The standard InChI is InChI=1S/C22H27FN2O5S2/c1-2-30-19-7-9-20(10-8-19)32(28,29)22-16-31(26,27)15-21(22)25-13-11-24(12-14-25)18-5-3-17(23)4-6-18/h3-10,21-22H,2,11-16H2,1H3/t21-,22-/m0/s1. The first kappa shape index (κ1) is 23.0. The first-order valence-corrected chi connectivity index (χ1v) is 14.0. The van der Waals surface area contributed by atoms with Crippen LogP contribution in [0.1, 0.15) is 6.92 Å². The van der Waals surface area contributed by atoms with Gasteiger partial charge in [0.15, 0.2) is 19.7 Å². The summed E-state index contributed by atoms with van der Waals surface area (Å²) in [6, 6.07) is 11.8. The second-order valence-corrected chi connectivity index (χ2v) is 12.5. The fourth-order valence-corrected chi connectivity index (χ4v) is 9.29. The van der Waals surface area contributed by atoms with Gasteiger partial charge in [-0.3, -0.25) is 4.90 Å². The minimum Gasteiger partial charge on any atom is -0.494 e. The largest absolute Gasteiger partial charge is 0.494 e. The molecule has 0 radical (unpaired) electrons. The molecule has 7 nitrogen and oxygen atoms in total. The molecule has 0 spiro atoms. The molecular formula is C22H27FN2O5S2. The van der Waals surface area contributed by atoms with Gasteiger partial charge in [0, 0.05) is 37.9 Å². The van der Waals surface area contributed by atoms with Gasteiger partial charge in [-0.05, 0) is 55.5 Å². The molecule has 174 valence electrons. The third kappa shape index (κ3) is 4.77. The lowest BCUT2D eigenvalue weighted by Gasteiger charge is -2.40. The number of benzene rings is 2. The zero-order chi connectivity index (χ0) is 22.9. The number of piperazine rings is 1. The van der Waals surface area contributed by atoms with E-state index in [4.69, 9.17) is 4.74 Å². The molecule has 2 saturated heterocycles. The molecule has 0 aromatic heterocycles. The lowest BCUT2D eigenvalue weighted by atomic mass is 10.1. The van der Waals surface area contributed by atoms with Crippen LogP contribution in [-0.2, 0) is 19.7 Å². The Bertz CT molecular complexity index is 1140. The van der Waals surface area contributed by atoms with Crippen molar-refractivity contribution in [3.8, 4) is 5.75 Å². The van der Waals surface area contributed by atoms with Gasteiger partial charge >= 0.3 is 0 Å². The number of sulfone groups is 2. The predicted molar refractivity (Wildman–Crippen MR) is 121 cm³/mol. The van der Waals surface area contributed by atoms with Crippen LogP contribution >= 0.6 is 0 Å². The lowest BCUT2D eigenvalue weighted by Crippen LogP contribution is -2.55. The normalized spacial score (nSPS) is 23.9. The molecule has 0 aliphatic carbocycles. The fraction of sp³-hybridized carbons (Fsp3) is 0.455. The smallest absolute Gasteiger partial charge is 0.183 e. The van der Waals surface area contributed by atoms with E-state index in [1.807, 2.05) is 11.8 Å². The Kier molecular flexibility index (Phi) is 6.46. The molecule has 4 rings (SSSR count). The fourth-order valence-electron chi connectivity index (χ4n) is 4.46. The van der Waals surface area contributed by atoms with Gasteiger partial charge in [0.05, 0.1) is 28.3 Å². The predicted octanol–water partition coefficient (Wildman–Crippen LogP) is 1.99. The summed E-state index contributed by atoms with van der Waals surface area (Å²) in [5.41, 5.74) is 0.892. The molecule has 0 bridgehead atoms. The molecule has 0 saturated carbocycles. The number of nitrogens with zero attached hydrogens (tertiary/aromatic N) is 2. The minimum atomic E-state index is -3.84. The average Bonchev–Trinajstić information content (AvgIpc) is 3.11. The van der Waals surface area contributed by atoms with Crippen molar-refractivity contribution < 1.29 is 26.0 Å². The van der Waals surface area contributed by atoms with Crippen LogP contribution in [0.3, 0.4) is 0 Å². The van der Waals surface area contributed by atoms with E-state index in [-0.39, 0.29) is 22.2 Å². The van der Waals surface area contributed by atoms with Crippen LogP contribution < -0.4 is 9.64 Å². The second kappa shape index (κ2) is 8.99. The van der Waals surface area contributed by atoms with Crippen LogP contribution in [0.5, 0.6) is 5.75 Å². The molecule has 2 aromatic rings. The first-order valence-electron chi connectivity index (χ1n) is 10.6. The van der Waals surface area contributed by atoms with Crippen molar-refractivity contribution in [2.75, 3.05) is 49.2 Å². The van der Waals surface area contributed by atoms with Crippen molar-refractivity contribution in [2.24, 2.45) is 0 Å². The van der Waals surface area contributed by atoms with Crippen LogP contribution in [0.4, 0.5) is 10.1 Å². The molecule has 2 heterocycles. The summed E-state index contributed by atoms with van der Waals surface area (Å²) < 4.78 is 70.3. The van der Waals surface area contributed by atoms with Crippen molar-refractivity contribution in [2.45, 2.75) is 23.1 Å². The van der Waals surface area contributed by atoms with Gasteiger partial charge in [0.25, 0.3) is 0 Å². The molecule has 10 heteroatoms. The number of halogens is 1. The average molecular weight is 483 g/mol. The van der Waals surface area contributed by atoms with Crippen LogP contribution in [0.25, 0.3) is 0 Å². The highest BCUT2D eigenvalue weighted by molar-refractivity contribution is 7.96. The summed E-state index contributed by atoms with van der Waals surface area (Å²) in [6.07, 6.45) is 0. The molecule has 2 aliphatic rings. The van der Waals surface area contributed by atoms with E-state index in [0.717, 1.165) is 5.69 Å². The Morgan fingerprint density at radius 1 is 0.969 bits per heavy atom. The second-order valence-electron chi connectivity index (χ2n) is 8.13. The van der Waals surface area contributed by atoms with E-state index >= 15 is 0 Å². The van der Waals surface area contributed by atoms with E-state index < -0.39 is 31.0 Å². The number of hydrogen-bond donors (Lipinski definition) is 0. The molecule has 2 aromatic carbocycles. The highest BCUT2D eigenvalue weighted by atomic mass is 32.2. The third-order valence-electron chi connectivity index (χ3n) is 6.11. The molecular weight excluding hydrogens is 455 g/mol. The summed E-state index contributed by atoms with van der Waals surface area (Å²) in [7, 11) is -7.32. The third-order valence-corrected chi connectivity index (χ3v) is 10.2. The number of ether oxygens (including phenoxy) is 1. The SMILES string of the molecule is CCOc1ccc(S(=O)(=O)[C@H]2CS(=O)(=O)C[C@@H]2N2CCN(c3ccc(F)cc3)CC2)cc1. The topological polar surface area (TPSA) is 84.0 Å². The van der Waals surface area contributed by atoms with Crippen molar-refractivity contribution >= 4 is 25.4 Å². The van der Waals surface area contributed by atoms with E-state index in [9.17, 15) is 21.2 Å². The quantitative estimate of drug-likeness (QED) is 0.623. The Morgan fingerprint density at radius 2 is 1.59 bits per heavy atom. The van der Waals surface area contributed by atoms with Gasteiger partial charge in [-0.1, -0.05) is 0 Å². The van der Waals surface area contributed by atoms with Crippen LogP contribution in [0.2, 0.25) is 0 Å². The lowest BCUT2D eigenvalue weighted by molar-refractivity contribution is 0.201. The highest BCUT2D eigenvalue weighted by Gasteiger charge is 2.48. The number of rotatable bonds is 6. The summed E-state index contributed by atoms with van der Waals surface area (Å²) >= 11 is 0. The Labute approximate surface area is 188 Å². The Hall–Kier alpha value is -2.17. The highest BCUT2D eigenvalue weighted by Crippen LogP contribution is 2.31. The van der Waals surface area contributed by atoms with Gasteiger partial charge in [0.1, 0.15) is 11.6 Å². The van der Waals surface area contributed by atoms with E-state index in [1.165, 1.54) is 24.3 Å². The molecule has 2 aliphatic heterocycles. The monoisotopic (exact) mass is 482 g/mol. The molecule has 2 atom stereocenters. The van der Waals surface area contributed by atoms with Crippen molar-refractivity contribution in [3.05, 3.63) is 54.3 Å². The van der Waals surface area contributed by atoms with Crippen molar-refractivity contribution in [1.29, 1.82) is 0 Å². The van der Waals surface area contributed by atoms with Gasteiger partial charge in [-0.2, -0.15) is 0 Å².